The van der Waals surface area contributed by atoms with Crippen LogP contribution in [0.5, 0.6) is 5.75 Å². The molecule has 0 saturated heterocycles. The molecule has 0 bridgehead atoms. The van der Waals surface area contributed by atoms with Crippen LogP contribution < -0.4 is 26.8 Å². The van der Waals surface area contributed by atoms with Gasteiger partial charge in [0.25, 0.3) is 0 Å². The second kappa shape index (κ2) is 15.5. The molecule has 0 fully saturated rings. The van der Waals surface area contributed by atoms with Crippen LogP contribution in [0.15, 0.2) is 96.3 Å². The van der Waals surface area contributed by atoms with Gasteiger partial charge in [-0.2, -0.15) is 12.6 Å². The predicted molar refractivity (Wildman–Crippen MR) is 174 cm³/mol. The molecule has 9 N–H and O–H groups in total. The highest BCUT2D eigenvalue weighted by molar-refractivity contribution is 7.89. The number of nitrogens with one attached hydrogen (secondary N) is 4. The van der Waals surface area contributed by atoms with E-state index in [9.17, 15) is 27.9 Å². The fourth-order valence-electron chi connectivity index (χ4n) is 4.58. The number of aromatic nitrogens is 2. The average molecular weight is 666 g/mol. The third kappa shape index (κ3) is 9.65. The monoisotopic (exact) mass is 665 g/mol. The highest BCUT2D eigenvalue weighted by atomic mass is 32.2. The zero-order valence-corrected chi connectivity index (χ0v) is 26.2. The number of aromatic amines is 1. The molecular formula is C31H35N7O6S2. The first-order chi connectivity index (χ1) is 21.9. The minimum Gasteiger partial charge on any atom is -0.508 e. The van der Waals surface area contributed by atoms with E-state index in [1.807, 2.05) is 30.3 Å². The summed E-state index contributed by atoms with van der Waals surface area (Å²) < 4.78 is 23.6. The standard InChI is InChI=1S/C31H35N7O6S2/c32-27(21-7-4-8-24(14-21)46(33,43)44)28(45)31(42)38-25(13-19-9-11-23(39)12-10-19)30(41)37-26(15-22-17-34-18-36-22)29(40)35-16-20-5-2-1-3-6-20/h1-12,14,17-18,25-28,39,45H,13,15-16,32H2,(H,34,36)(H,35,40)(H,37,41)(H,38,42)(H2,33,43,44)/t25?,26?,27-,28-/m0/s1. The summed E-state index contributed by atoms with van der Waals surface area (Å²) in [6.07, 6.45) is 3.08. The summed E-state index contributed by atoms with van der Waals surface area (Å²) in [5.74, 6) is -1.81. The number of hydrogen-bond donors (Lipinski definition) is 8. The maximum atomic E-state index is 13.8. The first kappa shape index (κ1) is 34.2. The number of benzene rings is 3. The lowest BCUT2D eigenvalue weighted by Gasteiger charge is -2.26. The number of carbonyl (C=O) groups is 3. The van der Waals surface area contributed by atoms with Crippen LogP contribution in [0.1, 0.15) is 28.4 Å². The Labute approximate surface area is 271 Å². The molecule has 15 heteroatoms. The van der Waals surface area contributed by atoms with Gasteiger partial charge in [-0.3, -0.25) is 14.4 Å². The largest absolute Gasteiger partial charge is 0.508 e. The predicted octanol–water partition coefficient (Wildman–Crippen LogP) is 0.832. The number of aromatic hydroxyl groups is 1. The first-order valence-electron chi connectivity index (χ1n) is 14.1. The molecule has 2 unspecified atom stereocenters. The number of sulfonamides is 1. The lowest BCUT2D eigenvalue weighted by atomic mass is 10.0. The van der Waals surface area contributed by atoms with Gasteiger partial charge in [0.15, 0.2) is 0 Å². The van der Waals surface area contributed by atoms with E-state index >= 15 is 0 Å². The third-order valence-electron chi connectivity index (χ3n) is 7.11. The number of imidazole rings is 1. The highest BCUT2D eigenvalue weighted by Crippen LogP contribution is 2.22. The molecule has 3 amide bonds. The molecule has 0 aliphatic rings. The maximum Gasteiger partial charge on any atom is 0.243 e. The summed E-state index contributed by atoms with van der Waals surface area (Å²) in [5, 5.41) is 22.0. The highest BCUT2D eigenvalue weighted by Gasteiger charge is 2.31. The number of phenols is 1. The molecule has 1 aromatic heterocycles. The Kier molecular flexibility index (Phi) is 11.5. The van der Waals surface area contributed by atoms with Crippen molar-refractivity contribution in [3.63, 3.8) is 0 Å². The van der Waals surface area contributed by atoms with Gasteiger partial charge < -0.3 is 31.8 Å². The van der Waals surface area contributed by atoms with E-state index < -0.39 is 51.1 Å². The molecule has 0 spiro atoms. The van der Waals surface area contributed by atoms with Gasteiger partial charge in [-0.05, 0) is 41.0 Å². The number of nitrogens with zero attached hydrogens (tertiary/aromatic N) is 1. The molecule has 0 radical (unpaired) electrons. The van der Waals surface area contributed by atoms with Gasteiger partial charge in [0.2, 0.25) is 27.7 Å². The lowest BCUT2D eigenvalue weighted by Crippen LogP contribution is -2.56. The van der Waals surface area contributed by atoms with Crippen molar-refractivity contribution >= 4 is 40.4 Å². The van der Waals surface area contributed by atoms with Crippen LogP contribution in [0.2, 0.25) is 0 Å². The number of carbonyl (C=O) groups excluding carboxylic acids is 3. The van der Waals surface area contributed by atoms with E-state index in [2.05, 4.69) is 38.5 Å². The van der Waals surface area contributed by atoms with Crippen molar-refractivity contribution in [1.82, 2.24) is 25.9 Å². The van der Waals surface area contributed by atoms with Crippen molar-refractivity contribution < 1.29 is 27.9 Å². The van der Waals surface area contributed by atoms with Gasteiger partial charge in [-0.15, -0.1) is 0 Å². The van der Waals surface area contributed by atoms with Crippen molar-refractivity contribution in [2.75, 3.05) is 0 Å². The molecule has 4 rings (SSSR count). The maximum absolute atomic E-state index is 13.8. The van der Waals surface area contributed by atoms with Gasteiger partial charge in [0.1, 0.15) is 17.8 Å². The number of amides is 3. The van der Waals surface area contributed by atoms with Crippen LogP contribution in [-0.2, 0) is 43.8 Å². The Balaban J connectivity index is 1.54. The van der Waals surface area contributed by atoms with Crippen molar-refractivity contribution in [2.24, 2.45) is 10.9 Å². The summed E-state index contributed by atoms with van der Waals surface area (Å²) >= 11 is 4.39. The average Bonchev–Trinajstić information content (AvgIpc) is 3.56. The van der Waals surface area contributed by atoms with Gasteiger partial charge in [-0.1, -0.05) is 54.6 Å². The van der Waals surface area contributed by atoms with Gasteiger partial charge in [0, 0.05) is 31.3 Å². The number of hydrogen-bond acceptors (Lipinski definition) is 9. The summed E-state index contributed by atoms with van der Waals surface area (Å²) in [6, 6.07) is 17.6. The zero-order valence-electron chi connectivity index (χ0n) is 24.5. The minimum absolute atomic E-state index is 0.00307. The van der Waals surface area contributed by atoms with Crippen LogP contribution in [0.3, 0.4) is 0 Å². The van der Waals surface area contributed by atoms with Crippen molar-refractivity contribution in [2.45, 2.75) is 47.7 Å². The number of primary sulfonamides is 1. The lowest BCUT2D eigenvalue weighted by molar-refractivity contribution is -0.132. The smallest absolute Gasteiger partial charge is 0.243 e. The van der Waals surface area contributed by atoms with E-state index in [-0.39, 0.29) is 35.6 Å². The van der Waals surface area contributed by atoms with Crippen LogP contribution in [0, 0.1) is 0 Å². The van der Waals surface area contributed by atoms with Crippen LogP contribution in [0.4, 0.5) is 0 Å². The molecule has 1 heterocycles. The second-order valence-corrected chi connectivity index (χ2v) is 12.7. The number of nitrogens with two attached hydrogens (primary N) is 2. The van der Waals surface area contributed by atoms with Crippen LogP contribution >= 0.6 is 12.6 Å². The first-order valence-corrected chi connectivity index (χ1v) is 16.2. The SMILES string of the molecule is N[C@@H](c1cccc(S(N)(=O)=O)c1)[C@H](S)C(=O)NC(Cc1ccc(O)cc1)C(=O)NC(Cc1cnc[nH]1)C(=O)NCc1ccccc1. The fraction of sp³-hybridized carbons (Fsp3) is 0.226. The number of thiol groups is 1. The number of phenolic OH excluding ortho intramolecular Hbond substituents is 1. The Hall–Kier alpha value is -4.70. The Morgan fingerprint density at radius 2 is 1.54 bits per heavy atom. The number of rotatable bonds is 14. The molecule has 13 nitrogen and oxygen atoms in total. The molecule has 4 aromatic rings. The van der Waals surface area contributed by atoms with Crippen molar-refractivity contribution in [3.8, 4) is 5.75 Å². The molecule has 0 aliphatic heterocycles. The van der Waals surface area contributed by atoms with E-state index in [4.69, 9.17) is 10.9 Å². The molecule has 0 saturated carbocycles. The minimum atomic E-state index is -4.02. The fourth-order valence-corrected chi connectivity index (χ4v) is 5.40. The molecule has 46 heavy (non-hydrogen) atoms. The van der Waals surface area contributed by atoms with E-state index in [1.165, 1.54) is 48.9 Å². The molecular weight excluding hydrogens is 631 g/mol. The molecule has 0 aliphatic carbocycles. The Morgan fingerprint density at radius 1 is 0.870 bits per heavy atom. The molecule has 4 atom stereocenters. The summed E-state index contributed by atoms with van der Waals surface area (Å²) in [5.41, 5.74) is 8.65. The third-order valence-corrected chi connectivity index (χ3v) is 8.58. The summed E-state index contributed by atoms with van der Waals surface area (Å²) in [6.45, 7) is 0.231. The van der Waals surface area contributed by atoms with Crippen molar-refractivity contribution in [1.29, 1.82) is 0 Å². The number of H-pyrrole nitrogens is 1. The summed E-state index contributed by atoms with van der Waals surface area (Å²) in [7, 11) is -4.02. The van der Waals surface area contributed by atoms with E-state index in [0.29, 0.717) is 11.3 Å². The van der Waals surface area contributed by atoms with Crippen LogP contribution in [0.25, 0.3) is 0 Å². The zero-order chi connectivity index (χ0) is 33.3. The van der Waals surface area contributed by atoms with Gasteiger partial charge in [-0.25, -0.2) is 18.5 Å². The van der Waals surface area contributed by atoms with Gasteiger partial charge in [0.05, 0.1) is 22.5 Å². The Morgan fingerprint density at radius 3 is 2.20 bits per heavy atom. The Bertz CT molecular complexity index is 1740. The van der Waals surface area contributed by atoms with E-state index in [1.54, 1.807) is 12.1 Å². The van der Waals surface area contributed by atoms with Gasteiger partial charge >= 0.3 is 0 Å². The quantitative estimate of drug-likeness (QED) is 0.0899. The summed E-state index contributed by atoms with van der Waals surface area (Å²) in [4.78, 5) is 47.2. The normalized spacial score (nSPS) is 14.0. The molecule has 3 aromatic carbocycles. The van der Waals surface area contributed by atoms with Crippen LogP contribution in [-0.4, -0.2) is 58.5 Å². The topological polar surface area (TPSA) is 222 Å². The second-order valence-electron chi connectivity index (χ2n) is 10.6. The molecule has 242 valence electrons. The van der Waals surface area contributed by atoms with Crippen molar-refractivity contribution in [3.05, 3.63) is 114 Å². The van der Waals surface area contributed by atoms with E-state index in [0.717, 1.165) is 5.56 Å².